The molecule has 44 heavy (non-hydrogen) atoms. The van der Waals surface area contributed by atoms with Gasteiger partial charge in [0.1, 0.15) is 0 Å². The topological polar surface area (TPSA) is 83.0 Å². The number of halogens is 3. The Hall–Kier alpha value is -2.54. The first-order valence-corrected chi connectivity index (χ1v) is 17.3. The number of amides is 1. The summed E-state index contributed by atoms with van der Waals surface area (Å²) < 4.78 is 75.7. The van der Waals surface area contributed by atoms with E-state index in [1.54, 1.807) is 6.20 Å². The smallest absolute Gasteiger partial charge is 0.369 e. The maximum Gasteiger partial charge on any atom is 0.417 e. The molecule has 1 aromatic carbocycles. The average molecular weight is 637 g/mol. The predicted octanol–water partition coefficient (Wildman–Crippen LogP) is 5.44. The van der Waals surface area contributed by atoms with E-state index >= 15 is 0 Å². The van der Waals surface area contributed by atoms with Crippen molar-refractivity contribution in [3.63, 3.8) is 0 Å². The maximum absolute atomic E-state index is 13.6. The second-order valence-electron chi connectivity index (χ2n) is 12.2. The highest BCUT2D eigenvalue weighted by Crippen LogP contribution is 2.38. The number of carbonyl (C=O) groups excluding carboxylic acids is 1. The Labute approximate surface area is 258 Å². The molecule has 12 heteroatoms. The Morgan fingerprint density at radius 1 is 0.977 bits per heavy atom. The molecule has 8 nitrogen and oxygen atoms in total. The molecule has 1 unspecified atom stereocenters. The van der Waals surface area contributed by atoms with Crippen molar-refractivity contribution in [1.82, 2.24) is 19.1 Å². The quantitative estimate of drug-likeness (QED) is 0.327. The highest BCUT2D eigenvalue weighted by Gasteiger charge is 2.42. The van der Waals surface area contributed by atoms with Crippen LogP contribution in [0.1, 0.15) is 75.3 Å². The fourth-order valence-electron chi connectivity index (χ4n) is 6.92. The molecular weight excluding hydrogens is 593 g/mol. The molecule has 0 aliphatic carbocycles. The lowest BCUT2D eigenvalue weighted by Gasteiger charge is -2.42. The van der Waals surface area contributed by atoms with Gasteiger partial charge in [-0.15, -0.1) is 0 Å². The first-order valence-electron chi connectivity index (χ1n) is 15.8. The van der Waals surface area contributed by atoms with Gasteiger partial charge in [-0.25, -0.2) is 8.42 Å². The molecule has 4 heterocycles. The largest absolute Gasteiger partial charge is 0.417 e. The number of alkyl halides is 3. The number of rotatable bonds is 11. The monoisotopic (exact) mass is 636 g/mol. The van der Waals surface area contributed by atoms with Crippen LogP contribution in [0, 0.1) is 0 Å². The van der Waals surface area contributed by atoms with Crippen LogP contribution in [0.5, 0.6) is 0 Å². The van der Waals surface area contributed by atoms with Gasteiger partial charge in [0.05, 0.1) is 22.7 Å². The summed E-state index contributed by atoms with van der Waals surface area (Å²) in [6.45, 7) is 5.00. The van der Waals surface area contributed by atoms with Crippen LogP contribution >= 0.6 is 0 Å². The van der Waals surface area contributed by atoms with E-state index in [9.17, 15) is 26.4 Å². The number of piperidine rings is 2. The Morgan fingerprint density at radius 3 is 2.41 bits per heavy atom. The summed E-state index contributed by atoms with van der Waals surface area (Å²) in [6.07, 6.45) is 5.71. The van der Waals surface area contributed by atoms with Gasteiger partial charge in [0, 0.05) is 56.6 Å². The maximum atomic E-state index is 13.6. The Morgan fingerprint density at radius 2 is 1.70 bits per heavy atom. The van der Waals surface area contributed by atoms with Gasteiger partial charge in [-0.05, 0) is 82.7 Å². The lowest BCUT2D eigenvalue weighted by atomic mass is 9.84. The molecule has 1 amide bonds. The van der Waals surface area contributed by atoms with Crippen LogP contribution in [0.15, 0.2) is 53.7 Å². The predicted molar refractivity (Wildman–Crippen MR) is 160 cm³/mol. The lowest BCUT2D eigenvalue weighted by Crippen LogP contribution is -2.47. The normalized spacial score (nSPS) is 21.9. The number of hydrogen-bond acceptors (Lipinski definition) is 6. The number of pyridine rings is 1. The minimum absolute atomic E-state index is 0.00878. The van der Waals surface area contributed by atoms with Crippen molar-refractivity contribution in [3.05, 3.63) is 59.9 Å². The summed E-state index contributed by atoms with van der Waals surface area (Å²) >= 11 is 0. The molecule has 0 bridgehead atoms. The van der Waals surface area contributed by atoms with Gasteiger partial charge in [-0.1, -0.05) is 24.6 Å². The highest BCUT2D eigenvalue weighted by molar-refractivity contribution is 7.89. The number of carbonyl (C=O) groups is 1. The van der Waals surface area contributed by atoms with Crippen LogP contribution in [0.4, 0.5) is 13.2 Å². The number of benzene rings is 1. The minimum atomic E-state index is -4.77. The zero-order valence-electron chi connectivity index (χ0n) is 25.2. The molecule has 2 aromatic rings. The highest BCUT2D eigenvalue weighted by atomic mass is 32.2. The molecule has 0 radical (unpaired) electrons. The van der Waals surface area contributed by atoms with Gasteiger partial charge < -0.3 is 14.5 Å². The van der Waals surface area contributed by atoms with Crippen molar-refractivity contribution in [1.29, 1.82) is 0 Å². The standard InChI is InChI=1S/C32H43F3N4O4S/c33-32(34,35)28-12-1-2-13-29(28)44(41,42)39-20-4-3-10-27(39)11-7-14-30(40)38-21-15-31(16-22-38,26-9-8-17-36-25-26)43-24-23-37-18-5-6-19-37/h1-2,8-9,12-13,17,25,27H,3-7,10-11,14-16,18-24H2. The molecule has 3 saturated heterocycles. The fraction of sp³-hybridized carbons (Fsp3) is 0.625. The number of sulfonamides is 1. The van der Waals surface area contributed by atoms with Crippen LogP contribution in [-0.4, -0.2) is 85.3 Å². The van der Waals surface area contributed by atoms with Gasteiger partial charge in [-0.2, -0.15) is 17.5 Å². The minimum Gasteiger partial charge on any atom is -0.369 e. The van der Waals surface area contributed by atoms with Crippen molar-refractivity contribution >= 4 is 15.9 Å². The van der Waals surface area contributed by atoms with Crippen LogP contribution < -0.4 is 0 Å². The van der Waals surface area contributed by atoms with E-state index in [2.05, 4.69) is 9.88 Å². The number of ether oxygens (including phenoxy) is 1. The molecular formula is C32H43F3N4O4S. The summed E-state index contributed by atoms with van der Waals surface area (Å²) in [5, 5.41) is 0. The Kier molecular flexibility index (Phi) is 10.6. The van der Waals surface area contributed by atoms with E-state index in [0.717, 1.165) is 43.8 Å². The molecule has 1 atom stereocenters. The second kappa shape index (κ2) is 14.3. The average Bonchev–Trinajstić information content (AvgIpc) is 3.55. The van der Waals surface area contributed by atoms with Crippen LogP contribution in [0.25, 0.3) is 0 Å². The zero-order valence-corrected chi connectivity index (χ0v) is 26.0. The second-order valence-corrected chi connectivity index (χ2v) is 14.0. The molecule has 242 valence electrons. The Bertz CT molecular complexity index is 1340. The third-order valence-corrected chi connectivity index (χ3v) is 11.4. The molecule has 1 aromatic heterocycles. The number of likely N-dealkylation sites (tertiary alicyclic amines) is 2. The summed E-state index contributed by atoms with van der Waals surface area (Å²) in [7, 11) is -4.35. The third kappa shape index (κ3) is 7.63. The van der Waals surface area contributed by atoms with Gasteiger partial charge >= 0.3 is 6.18 Å². The molecule has 0 spiro atoms. The molecule has 3 aliphatic heterocycles. The summed E-state index contributed by atoms with van der Waals surface area (Å²) in [6, 6.07) is 7.87. The molecule has 3 aliphatic rings. The van der Waals surface area contributed by atoms with E-state index in [1.165, 1.54) is 29.3 Å². The molecule has 5 rings (SSSR count). The lowest BCUT2D eigenvalue weighted by molar-refractivity contribution is -0.141. The first-order chi connectivity index (χ1) is 21.1. The van der Waals surface area contributed by atoms with E-state index in [1.807, 2.05) is 23.2 Å². The van der Waals surface area contributed by atoms with Crippen LogP contribution in [0.3, 0.4) is 0 Å². The van der Waals surface area contributed by atoms with Gasteiger partial charge in [0.15, 0.2) is 0 Å². The van der Waals surface area contributed by atoms with Crippen molar-refractivity contribution in [3.8, 4) is 0 Å². The van der Waals surface area contributed by atoms with Crippen LogP contribution in [-0.2, 0) is 31.3 Å². The zero-order chi connectivity index (χ0) is 31.2. The van der Waals surface area contributed by atoms with Gasteiger partial charge in [-0.3, -0.25) is 9.78 Å². The number of hydrogen-bond donors (Lipinski definition) is 0. The van der Waals surface area contributed by atoms with Gasteiger partial charge in [0.25, 0.3) is 0 Å². The number of aromatic nitrogens is 1. The van der Waals surface area contributed by atoms with E-state index in [0.29, 0.717) is 58.2 Å². The van der Waals surface area contributed by atoms with Gasteiger partial charge in [0.2, 0.25) is 15.9 Å². The fourth-order valence-corrected chi connectivity index (χ4v) is 8.86. The SMILES string of the molecule is O=C(CCCC1CCCCN1S(=O)(=O)c1ccccc1C(F)(F)F)N1CCC(OCCN2CCCC2)(c2cccnc2)CC1. The van der Waals surface area contributed by atoms with E-state index in [4.69, 9.17) is 4.74 Å². The van der Waals surface area contributed by atoms with Crippen molar-refractivity contribution < 1.29 is 31.1 Å². The van der Waals surface area contributed by atoms with E-state index in [-0.39, 0.29) is 18.9 Å². The molecule has 0 saturated carbocycles. The molecule has 3 fully saturated rings. The van der Waals surface area contributed by atoms with Crippen LogP contribution in [0.2, 0.25) is 0 Å². The first kappa shape index (κ1) is 32.8. The van der Waals surface area contributed by atoms with Crippen molar-refractivity contribution in [2.75, 3.05) is 45.9 Å². The van der Waals surface area contributed by atoms with Crippen molar-refractivity contribution in [2.24, 2.45) is 0 Å². The summed E-state index contributed by atoms with van der Waals surface area (Å²) in [5.74, 6) is 0.00878. The summed E-state index contributed by atoms with van der Waals surface area (Å²) in [5.41, 5.74) is -0.611. The van der Waals surface area contributed by atoms with E-state index < -0.39 is 38.3 Å². The summed E-state index contributed by atoms with van der Waals surface area (Å²) in [4.78, 5) is 21.1. The Balaban J connectivity index is 1.17. The molecule has 0 N–H and O–H groups in total. The third-order valence-electron chi connectivity index (χ3n) is 9.38. The van der Waals surface area contributed by atoms with Crippen molar-refractivity contribution in [2.45, 2.75) is 86.9 Å². The number of nitrogens with zero attached hydrogens (tertiary/aromatic N) is 4.